The second-order valence-electron chi connectivity index (χ2n) is 11.4. The minimum atomic E-state index is 1.18. The van der Waals surface area contributed by atoms with Crippen molar-refractivity contribution >= 4 is 66.3 Å². The maximum absolute atomic E-state index is 2.36. The molecule has 0 atom stereocenters. The first-order valence-corrected chi connectivity index (χ1v) is 14.9. The van der Waals surface area contributed by atoms with Crippen molar-refractivity contribution in [1.29, 1.82) is 0 Å². The summed E-state index contributed by atoms with van der Waals surface area (Å²) < 4.78 is 2.36. The van der Waals surface area contributed by atoms with E-state index >= 15 is 0 Å². The van der Waals surface area contributed by atoms with E-state index < -0.39 is 0 Å². The quantitative estimate of drug-likeness (QED) is 0.153. The summed E-state index contributed by atoms with van der Waals surface area (Å²) in [6.07, 6.45) is 4.44. The first kappa shape index (κ1) is 24.0. The van der Waals surface area contributed by atoms with Crippen LogP contribution in [0.3, 0.4) is 0 Å². The summed E-state index contributed by atoms with van der Waals surface area (Å²) >= 11 is 0. The van der Waals surface area contributed by atoms with E-state index in [1.807, 2.05) is 0 Å². The molecule has 0 aliphatic heterocycles. The molecule has 1 heterocycles. The number of hydrogen-bond donors (Lipinski definition) is 0. The van der Waals surface area contributed by atoms with E-state index in [4.69, 9.17) is 0 Å². The van der Waals surface area contributed by atoms with Crippen molar-refractivity contribution < 1.29 is 0 Å². The molecule has 200 valence electrons. The van der Waals surface area contributed by atoms with Gasteiger partial charge in [0, 0.05) is 16.5 Å². The van der Waals surface area contributed by atoms with Crippen LogP contribution in [-0.4, -0.2) is 4.57 Å². The monoisotopic (exact) mass is 545 g/mol. The van der Waals surface area contributed by atoms with Crippen LogP contribution in [0.2, 0.25) is 0 Å². The van der Waals surface area contributed by atoms with Gasteiger partial charge in [0.1, 0.15) is 0 Å². The maximum Gasteiger partial charge on any atom is 0.0541 e. The summed E-state index contributed by atoms with van der Waals surface area (Å²) in [5.41, 5.74) is 8.54. The topological polar surface area (TPSA) is 4.93 Å². The van der Waals surface area contributed by atoms with Gasteiger partial charge >= 0.3 is 0 Å². The van der Waals surface area contributed by atoms with Gasteiger partial charge in [0.15, 0.2) is 0 Å². The lowest BCUT2D eigenvalue weighted by atomic mass is 9.90. The van der Waals surface area contributed by atoms with Crippen molar-refractivity contribution in [3.63, 3.8) is 0 Å². The number of hydrogen-bond acceptors (Lipinski definition) is 0. The van der Waals surface area contributed by atoms with Gasteiger partial charge in [-0.1, -0.05) is 133 Å². The Bertz CT molecular complexity index is 2460. The maximum atomic E-state index is 2.36. The molecular formula is C42H27N. The molecule has 1 nitrogen and oxygen atoms in total. The van der Waals surface area contributed by atoms with Gasteiger partial charge in [-0.25, -0.2) is 0 Å². The van der Waals surface area contributed by atoms with Crippen molar-refractivity contribution in [3.05, 3.63) is 163 Å². The van der Waals surface area contributed by atoms with Gasteiger partial charge in [-0.15, -0.1) is 0 Å². The van der Waals surface area contributed by atoms with Gasteiger partial charge < -0.3 is 4.57 Å². The van der Waals surface area contributed by atoms with E-state index in [9.17, 15) is 0 Å². The molecule has 0 unspecified atom stereocenters. The number of rotatable bonds is 4. The molecular weight excluding hydrogens is 518 g/mol. The van der Waals surface area contributed by atoms with Crippen LogP contribution in [0.15, 0.2) is 152 Å². The molecule has 1 aromatic heterocycles. The Hall–Kier alpha value is -5.66. The Labute approximate surface area is 249 Å². The van der Waals surface area contributed by atoms with Gasteiger partial charge in [-0.3, -0.25) is 0 Å². The molecule has 0 N–H and O–H groups in total. The Kier molecular flexibility index (Phi) is 5.27. The molecule has 0 radical (unpaired) electrons. The Morgan fingerprint density at radius 2 is 1.05 bits per heavy atom. The SMILES string of the molecule is C(=C\c1ccc2c(c1)c1ccccc1n2-c1ccccc1)/c1ccc(-c2ccc3ccc4cccc5ccc2c3c45)cc1. The average Bonchev–Trinajstić information content (AvgIpc) is 3.40. The molecule has 0 amide bonds. The second kappa shape index (κ2) is 9.44. The Balaban J connectivity index is 1.08. The molecule has 9 rings (SSSR count). The Morgan fingerprint density at radius 1 is 0.395 bits per heavy atom. The number of para-hydroxylation sites is 2. The lowest BCUT2D eigenvalue weighted by Gasteiger charge is -2.14. The first-order chi connectivity index (χ1) is 21.3. The molecule has 1 heteroatoms. The van der Waals surface area contributed by atoms with Gasteiger partial charge in [0.25, 0.3) is 0 Å². The molecule has 43 heavy (non-hydrogen) atoms. The van der Waals surface area contributed by atoms with Gasteiger partial charge in [0.05, 0.1) is 11.0 Å². The van der Waals surface area contributed by atoms with Crippen molar-refractivity contribution in [1.82, 2.24) is 4.57 Å². The summed E-state index contributed by atoms with van der Waals surface area (Å²) in [4.78, 5) is 0. The summed E-state index contributed by atoms with van der Waals surface area (Å²) in [5.74, 6) is 0. The molecule has 0 saturated heterocycles. The van der Waals surface area contributed by atoms with Crippen molar-refractivity contribution in [2.24, 2.45) is 0 Å². The fraction of sp³-hybridized carbons (Fsp3) is 0. The summed E-state index contributed by atoms with van der Waals surface area (Å²) in [7, 11) is 0. The smallest absolute Gasteiger partial charge is 0.0541 e. The highest BCUT2D eigenvalue weighted by Crippen LogP contribution is 2.39. The zero-order valence-electron chi connectivity index (χ0n) is 23.5. The van der Waals surface area contributed by atoms with Crippen LogP contribution in [-0.2, 0) is 0 Å². The van der Waals surface area contributed by atoms with E-state index in [0.29, 0.717) is 0 Å². The lowest BCUT2D eigenvalue weighted by Crippen LogP contribution is -1.92. The summed E-state index contributed by atoms with van der Waals surface area (Å²) in [6, 6.07) is 55.2. The van der Waals surface area contributed by atoms with Crippen molar-refractivity contribution in [2.75, 3.05) is 0 Å². The molecule has 0 spiro atoms. The normalized spacial score (nSPS) is 12.1. The number of fused-ring (bicyclic) bond motifs is 3. The van der Waals surface area contributed by atoms with Crippen LogP contribution < -0.4 is 0 Å². The molecule has 9 aromatic rings. The highest BCUT2D eigenvalue weighted by molar-refractivity contribution is 6.25. The second-order valence-corrected chi connectivity index (χ2v) is 11.4. The van der Waals surface area contributed by atoms with Crippen molar-refractivity contribution in [2.45, 2.75) is 0 Å². The van der Waals surface area contributed by atoms with Gasteiger partial charge in [0.2, 0.25) is 0 Å². The highest BCUT2D eigenvalue weighted by atomic mass is 15.0. The van der Waals surface area contributed by atoms with E-state index in [2.05, 4.69) is 168 Å². The number of benzene rings is 8. The standard InChI is InChI=1S/C42H27N/c1-2-9-34(10-3-1)43-39-12-5-4-11-36(39)38-27-29(17-26-40(38)43)14-13-28-15-18-30(19-16-28)35-24-22-33-21-20-31-7-6-8-32-23-25-37(35)42(33)41(31)32/h1-27H/b14-13+. The molecule has 0 fully saturated rings. The van der Waals surface area contributed by atoms with E-state index in [0.717, 1.165) is 0 Å². The van der Waals surface area contributed by atoms with E-state index in [-0.39, 0.29) is 0 Å². The third kappa shape index (κ3) is 3.79. The predicted molar refractivity (Wildman–Crippen MR) is 185 cm³/mol. The molecule has 0 aliphatic carbocycles. The molecule has 0 bridgehead atoms. The minimum absolute atomic E-state index is 1.18. The Morgan fingerprint density at radius 3 is 1.88 bits per heavy atom. The lowest BCUT2D eigenvalue weighted by molar-refractivity contribution is 1.18. The van der Waals surface area contributed by atoms with Crippen LogP contribution >= 0.6 is 0 Å². The van der Waals surface area contributed by atoms with E-state index in [1.165, 1.54) is 82.1 Å². The average molecular weight is 546 g/mol. The molecule has 0 saturated carbocycles. The highest BCUT2D eigenvalue weighted by Gasteiger charge is 2.13. The largest absolute Gasteiger partial charge is 0.309 e. The third-order valence-electron chi connectivity index (χ3n) is 8.93. The molecule has 0 aliphatic rings. The summed E-state index contributed by atoms with van der Waals surface area (Å²) in [6.45, 7) is 0. The molecule has 8 aromatic carbocycles. The van der Waals surface area contributed by atoms with Crippen LogP contribution in [0.1, 0.15) is 11.1 Å². The fourth-order valence-electron chi connectivity index (χ4n) is 6.90. The van der Waals surface area contributed by atoms with Gasteiger partial charge in [-0.2, -0.15) is 0 Å². The van der Waals surface area contributed by atoms with Crippen LogP contribution in [0, 0.1) is 0 Å². The number of aromatic nitrogens is 1. The zero-order chi connectivity index (χ0) is 28.3. The summed E-state index contributed by atoms with van der Waals surface area (Å²) in [5, 5.41) is 10.5. The fourth-order valence-corrected chi connectivity index (χ4v) is 6.90. The predicted octanol–water partition coefficient (Wildman–Crippen LogP) is 11.5. The minimum Gasteiger partial charge on any atom is -0.309 e. The number of nitrogens with zero attached hydrogens (tertiary/aromatic N) is 1. The van der Waals surface area contributed by atoms with Crippen LogP contribution in [0.25, 0.3) is 83.1 Å². The first-order valence-electron chi connectivity index (χ1n) is 14.9. The van der Waals surface area contributed by atoms with Crippen molar-refractivity contribution in [3.8, 4) is 16.8 Å². The van der Waals surface area contributed by atoms with Gasteiger partial charge in [-0.05, 0) is 84.9 Å². The van der Waals surface area contributed by atoms with E-state index in [1.54, 1.807) is 0 Å². The van der Waals surface area contributed by atoms with Crippen LogP contribution in [0.5, 0.6) is 0 Å². The van der Waals surface area contributed by atoms with Crippen LogP contribution in [0.4, 0.5) is 0 Å². The third-order valence-corrected chi connectivity index (χ3v) is 8.93. The zero-order valence-corrected chi connectivity index (χ0v) is 23.5.